The minimum atomic E-state index is -0.283. The normalized spacial score (nSPS) is 18.9. The number of fused-ring (bicyclic) bond motifs is 19. The molecule has 12 aromatic rings. The molecule has 2 unspecified atom stereocenters. The Morgan fingerprint density at radius 1 is 0.338 bits per heavy atom. The van der Waals surface area contributed by atoms with E-state index in [1.54, 1.807) is 0 Å². The minimum Gasteiger partial charge on any atom is -0.313 e. The maximum absolute atomic E-state index is 6.21. The first-order chi connectivity index (χ1) is 37.4. The van der Waals surface area contributed by atoms with Crippen molar-refractivity contribution in [1.82, 2.24) is 13.7 Å². The first kappa shape index (κ1) is 43.4. The van der Waals surface area contributed by atoms with Crippen LogP contribution in [0.1, 0.15) is 81.8 Å². The number of hydrogen-bond acceptors (Lipinski definition) is 2. The van der Waals surface area contributed by atoms with Crippen molar-refractivity contribution in [3.63, 3.8) is 0 Å². The summed E-state index contributed by atoms with van der Waals surface area (Å²) in [4.78, 5) is 12.2. The van der Waals surface area contributed by atoms with Crippen LogP contribution in [0.4, 0.5) is 0 Å². The number of allylic oxidation sites excluding steroid dienone is 2. The number of benzene rings is 9. The third-order valence-electron chi connectivity index (χ3n) is 19.2. The summed E-state index contributed by atoms with van der Waals surface area (Å²) in [5, 5.41) is 7.40. The van der Waals surface area contributed by atoms with Crippen LogP contribution in [0.15, 0.2) is 210 Å². The zero-order valence-electron chi connectivity index (χ0n) is 44.4. The fraction of sp³-hybridized carbons (Fsp3) is 0.167. The van der Waals surface area contributed by atoms with Crippen LogP contribution in [0.25, 0.3) is 104 Å². The van der Waals surface area contributed by atoms with Gasteiger partial charge in [0, 0.05) is 60.2 Å². The van der Waals surface area contributed by atoms with Gasteiger partial charge in [-0.1, -0.05) is 176 Å². The van der Waals surface area contributed by atoms with E-state index in [0.717, 1.165) is 39.4 Å². The van der Waals surface area contributed by atoms with E-state index < -0.39 is 0 Å². The lowest BCUT2D eigenvalue weighted by Gasteiger charge is -2.33. The average Bonchev–Trinajstić information content (AvgIpc) is 4.39. The molecule has 1 aliphatic heterocycles. The van der Waals surface area contributed by atoms with E-state index in [4.69, 9.17) is 9.98 Å². The van der Waals surface area contributed by atoms with Gasteiger partial charge in [-0.2, -0.15) is 0 Å². The Bertz CT molecular complexity index is 4860. The van der Waals surface area contributed by atoms with Gasteiger partial charge in [0.1, 0.15) is 6.04 Å². The van der Waals surface area contributed by atoms with Crippen LogP contribution in [0.3, 0.4) is 0 Å². The molecule has 368 valence electrons. The van der Waals surface area contributed by atoms with Crippen molar-refractivity contribution in [2.45, 2.75) is 70.8 Å². The van der Waals surface area contributed by atoms with Gasteiger partial charge in [-0.25, -0.2) is 4.99 Å². The first-order valence-corrected chi connectivity index (χ1v) is 27.5. The van der Waals surface area contributed by atoms with Gasteiger partial charge in [-0.05, 0) is 134 Å². The fourth-order valence-corrected chi connectivity index (χ4v) is 15.3. The topological polar surface area (TPSA) is 39.5 Å². The lowest BCUT2D eigenvalue weighted by Crippen LogP contribution is -2.38. The molecule has 0 fully saturated rings. The largest absolute Gasteiger partial charge is 0.313 e. The maximum atomic E-state index is 6.21. The molecule has 0 amide bonds. The molecule has 3 aromatic heterocycles. The molecule has 5 heteroatoms. The van der Waals surface area contributed by atoms with Gasteiger partial charge in [0.2, 0.25) is 0 Å². The standard InChI is InChI=1S/C72H55N5/c1-40-60(75-61-29-17-11-23-44(61)50-34-56-47(37-64(50)75)41-20-8-14-26-53(41)70(56,2)3)33-32-59-67(40)74-69(77-63-31-19-13-25-46(63)52-36-58-49(39-66(52)77)43-22-10-16-28-55(43)72(58,6)7)68(73-59)76-62-30-18-12-24-45(62)51-35-57-48(38-65(51)76)42-21-9-15-27-54(42)71(57,4)5/h8-40,67H,1-7H3. The summed E-state index contributed by atoms with van der Waals surface area (Å²) in [7, 11) is 0. The smallest absolute Gasteiger partial charge is 0.181 e. The highest BCUT2D eigenvalue weighted by molar-refractivity contribution is 6.47. The second-order valence-corrected chi connectivity index (χ2v) is 24.1. The van der Waals surface area contributed by atoms with Crippen molar-refractivity contribution in [2.75, 3.05) is 0 Å². The summed E-state index contributed by atoms with van der Waals surface area (Å²) in [5.41, 5.74) is 24.7. The molecule has 0 bridgehead atoms. The third kappa shape index (κ3) is 5.39. The zero-order valence-corrected chi connectivity index (χ0v) is 44.4. The van der Waals surface area contributed by atoms with Gasteiger partial charge in [0.15, 0.2) is 11.7 Å². The van der Waals surface area contributed by atoms with Crippen molar-refractivity contribution < 1.29 is 0 Å². The molecule has 17 rings (SSSR count). The summed E-state index contributed by atoms with van der Waals surface area (Å²) >= 11 is 0. The molecular weight excluding hydrogens is 935 g/mol. The average molecular weight is 990 g/mol. The summed E-state index contributed by atoms with van der Waals surface area (Å²) < 4.78 is 7.45. The summed E-state index contributed by atoms with van der Waals surface area (Å²) in [6.45, 7) is 16.6. The van der Waals surface area contributed by atoms with E-state index in [1.165, 1.54) is 116 Å². The quantitative estimate of drug-likeness (QED) is 0.157. The van der Waals surface area contributed by atoms with Crippen LogP contribution in [-0.2, 0) is 16.2 Å². The summed E-state index contributed by atoms with van der Waals surface area (Å²) in [6.07, 6.45) is 4.62. The van der Waals surface area contributed by atoms with Crippen LogP contribution in [0, 0.1) is 5.92 Å². The lowest BCUT2D eigenvalue weighted by molar-refractivity contribution is 0.587. The SMILES string of the molecule is CC1C(n2c3ccccc3c3cc4c(cc32)-c2ccccc2C4(C)C)=CC=C2N=C(n3c4ccccc4c4cc5c(cc43)-c3ccccc3C5(C)C)C(n3c4ccccc4c4cc5c(cc43)-c3ccccc3C5(C)C)=NC21. The number of aromatic nitrogens is 3. The minimum absolute atomic E-state index is 0.0449. The Morgan fingerprint density at radius 3 is 1.14 bits per heavy atom. The van der Waals surface area contributed by atoms with Crippen LogP contribution >= 0.6 is 0 Å². The molecule has 0 spiro atoms. The van der Waals surface area contributed by atoms with Gasteiger partial charge in [-0.15, -0.1) is 0 Å². The van der Waals surface area contributed by atoms with E-state index in [-0.39, 0.29) is 28.2 Å². The van der Waals surface area contributed by atoms with E-state index in [9.17, 15) is 0 Å². The first-order valence-electron chi connectivity index (χ1n) is 27.5. The van der Waals surface area contributed by atoms with Gasteiger partial charge < -0.3 is 4.57 Å². The van der Waals surface area contributed by atoms with Crippen LogP contribution < -0.4 is 0 Å². The van der Waals surface area contributed by atoms with E-state index in [0.29, 0.717) is 0 Å². The highest BCUT2D eigenvalue weighted by Crippen LogP contribution is 2.55. The second-order valence-electron chi connectivity index (χ2n) is 24.1. The lowest BCUT2D eigenvalue weighted by atomic mass is 9.82. The molecule has 2 atom stereocenters. The monoisotopic (exact) mass is 989 g/mol. The van der Waals surface area contributed by atoms with Gasteiger partial charge >= 0.3 is 0 Å². The van der Waals surface area contributed by atoms with Crippen LogP contribution in [0.5, 0.6) is 0 Å². The van der Waals surface area contributed by atoms with Gasteiger partial charge in [0.25, 0.3) is 0 Å². The number of hydrogen-bond donors (Lipinski definition) is 0. The van der Waals surface area contributed by atoms with Gasteiger partial charge in [-0.3, -0.25) is 14.1 Å². The molecule has 0 saturated carbocycles. The number of nitrogens with zero attached hydrogens (tertiary/aromatic N) is 5. The predicted molar refractivity (Wildman–Crippen MR) is 322 cm³/mol. The predicted octanol–water partition coefficient (Wildman–Crippen LogP) is 17.6. The van der Waals surface area contributed by atoms with E-state index in [2.05, 4.69) is 256 Å². The van der Waals surface area contributed by atoms with Crippen LogP contribution in [0.2, 0.25) is 0 Å². The Hall–Kier alpha value is -8.80. The van der Waals surface area contributed by atoms with Crippen molar-refractivity contribution in [3.8, 4) is 33.4 Å². The highest BCUT2D eigenvalue weighted by Gasteiger charge is 2.42. The molecule has 0 saturated heterocycles. The van der Waals surface area contributed by atoms with Crippen LogP contribution in [-0.4, -0.2) is 31.4 Å². The Balaban J connectivity index is 0.951. The van der Waals surface area contributed by atoms with Crippen molar-refractivity contribution >= 4 is 82.8 Å². The fourth-order valence-electron chi connectivity index (χ4n) is 15.3. The molecule has 0 radical (unpaired) electrons. The van der Waals surface area contributed by atoms with Crippen molar-refractivity contribution in [2.24, 2.45) is 15.9 Å². The Labute approximate surface area is 447 Å². The number of para-hydroxylation sites is 3. The Kier molecular flexibility index (Phi) is 8.22. The maximum Gasteiger partial charge on any atom is 0.181 e. The van der Waals surface area contributed by atoms with E-state index in [1.807, 2.05) is 0 Å². The van der Waals surface area contributed by atoms with E-state index >= 15 is 0 Å². The summed E-state index contributed by atoms with van der Waals surface area (Å²) in [5.74, 6) is 1.63. The third-order valence-corrected chi connectivity index (χ3v) is 19.2. The highest BCUT2D eigenvalue weighted by atomic mass is 15.2. The van der Waals surface area contributed by atoms with Gasteiger partial charge in [0.05, 0.1) is 38.8 Å². The molecule has 5 aliphatic rings. The molecule has 77 heavy (non-hydrogen) atoms. The molecule has 5 nitrogen and oxygen atoms in total. The zero-order chi connectivity index (χ0) is 51.6. The molecular formula is C72H55N5. The Morgan fingerprint density at radius 2 is 0.701 bits per heavy atom. The number of rotatable bonds is 1. The second kappa shape index (κ2) is 14.6. The molecule has 4 aliphatic carbocycles. The molecule has 9 aromatic carbocycles. The molecule has 0 N–H and O–H groups in total. The summed E-state index contributed by atoms with van der Waals surface area (Å²) in [6, 6.07) is 68.4. The number of aliphatic imine (C=N–C) groups is 2. The van der Waals surface area contributed by atoms with Crippen molar-refractivity contribution in [1.29, 1.82) is 0 Å². The molecule has 4 heterocycles. The van der Waals surface area contributed by atoms with Crippen molar-refractivity contribution in [3.05, 3.63) is 233 Å².